The minimum Gasteiger partial charge on any atom is -0.378 e. The average molecular weight is 385 g/mol. The third-order valence-corrected chi connectivity index (χ3v) is 5.10. The Kier molecular flexibility index (Phi) is 5.38. The predicted molar refractivity (Wildman–Crippen MR) is 104 cm³/mol. The first-order valence-corrected chi connectivity index (χ1v) is 9.58. The van der Waals surface area contributed by atoms with Crippen LogP contribution in [0.2, 0.25) is 0 Å². The SMILES string of the molecule is Cc1cc(N2CCN(C(=O)c3ccc(F)cc3)CC2)nc(N2CCOCC2)n1. The first kappa shape index (κ1) is 18.6. The highest BCUT2D eigenvalue weighted by atomic mass is 19.1. The first-order chi connectivity index (χ1) is 13.6. The zero-order valence-corrected chi connectivity index (χ0v) is 16.0. The van der Waals surface area contributed by atoms with Crippen LogP contribution in [0.5, 0.6) is 0 Å². The number of morpholine rings is 1. The fourth-order valence-corrected chi connectivity index (χ4v) is 3.52. The zero-order chi connectivity index (χ0) is 19.5. The topological polar surface area (TPSA) is 61.8 Å². The van der Waals surface area contributed by atoms with E-state index in [4.69, 9.17) is 9.72 Å². The molecule has 1 aromatic heterocycles. The second-order valence-electron chi connectivity index (χ2n) is 7.05. The summed E-state index contributed by atoms with van der Waals surface area (Å²) in [6.45, 7) is 7.55. The van der Waals surface area contributed by atoms with Crippen molar-refractivity contribution < 1.29 is 13.9 Å². The van der Waals surface area contributed by atoms with Gasteiger partial charge >= 0.3 is 0 Å². The monoisotopic (exact) mass is 385 g/mol. The maximum Gasteiger partial charge on any atom is 0.253 e. The van der Waals surface area contributed by atoms with E-state index in [9.17, 15) is 9.18 Å². The maximum absolute atomic E-state index is 13.1. The van der Waals surface area contributed by atoms with Crippen LogP contribution in [0.25, 0.3) is 0 Å². The van der Waals surface area contributed by atoms with Crippen LogP contribution in [-0.4, -0.2) is 73.3 Å². The molecule has 1 amide bonds. The highest BCUT2D eigenvalue weighted by Crippen LogP contribution is 2.20. The summed E-state index contributed by atoms with van der Waals surface area (Å²) in [5, 5.41) is 0. The molecule has 148 valence electrons. The van der Waals surface area contributed by atoms with Crippen LogP contribution in [0.3, 0.4) is 0 Å². The van der Waals surface area contributed by atoms with Crippen molar-refractivity contribution in [3.05, 3.63) is 47.4 Å². The molecular weight excluding hydrogens is 361 g/mol. The van der Waals surface area contributed by atoms with Gasteiger partial charge in [-0.15, -0.1) is 0 Å². The van der Waals surface area contributed by atoms with Gasteiger partial charge < -0.3 is 19.4 Å². The van der Waals surface area contributed by atoms with Gasteiger partial charge in [0.25, 0.3) is 5.91 Å². The van der Waals surface area contributed by atoms with Gasteiger partial charge in [-0.25, -0.2) is 9.37 Å². The number of carbonyl (C=O) groups is 1. The van der Waals surface area contributed by atoms with E-state index in [1.54, 1.807) is 4.90 Å². The van der Waals surface area contributed by atoms with Crippen molar-refractivity contribution in [2.45, 2.75) is 6.92 Å². The molecule has 2 aliphatic heterocycles. The molecule has 0 atom stereocenters. The Balaban J connectivity index is 1.42. The minimum atomic E-state index is -0.337. The van der Waals surface area contributed by atoms with Crippen molar-refractivity contribution in [2.75, 3.05) is 62.3 Å². The number of hydrogen-bond donors (Lipinski definition) is 0. The Morgan fingerprint density at radius 2 is 1.64 bits per heavy atom. The molecule has 3 heterocycles. The van der Waals surface area contributed by atoms with E-state index in [1.165, 1.54) is 24.3 Å². The summed E-state index contributed by atoms with van der Waals surface area (Å²) < 4.78 is 18.5. The molecule has 2 aromatic rings. The lowest BCUT2D eigenvalue weighted by atomic mass is 10.2. The molecule has 0 bridgehead atoms. The van der Waals surface area contributed by atoms with Gasteiger partial charge in [0.15, 0.2) is 0 Å². The number of carbonyl (C=O) groups excluding carboxylic acids is 1. The lowest BCUT2D eigenvalue weighted by Gasteiger charge is -2.36. The molecule has 7 nitrogen and oxygen atoms in total. The standard InChI is InChI=1S/C20H24FN5O2/c1-15-14-18(23-20(22-15)26-10-12-28-13-11-26)24-6-8-25(9-7-24)19(27)16-2-4-17(21)5-3-16/h2-5,14H,6-13H2,1H3. The van der Waals surface area contributed by atoms with Gasteiger partial charge in [-0.3, -0.25) is 4.79 Å². The molecule has 0 unspecified atom stereocenters. The number of rotatable bonds is 3. The van der Waals surface area contributed by atoms with E-state index in [2.05, 4.69) is 14.8 Å². The Bertz CT molecular complexity index is 831. The molecule has 8 heteroatoms. The van der Waals surface area contributed by atoms with Crippen LogP contribution in [0.15, 0.2) is 30.3 Å². The number of hydrogen-bond acceptors (Lipinski definition) is 6. The molecule has 28 heavy (non-hydrogen) atoms. The van der Waals surface area contributed by atoms with E-state index in [0.29, 0.717) is 45.0 Å². The average Bonchev–Trinajstić information content (AvgIpc) is 2.74. The largest absolute Gasteiger partial charge is 0.378 e. The summed E-state index contributed by atoms with van der Waals surface area (Å²) in [4.78, 5) is 28.1. The summed E-state index contributed by atoms with van der Waals surface area (Å²) in [7, 11) is 0. The predicted octanol–water partition coefficient (Wildman–Crippen LogP) is 1.72. The highest BCUT2D eigenvalue weighted by molar-refractivity contribution is 5.94. The third-order valence-electron chi connectivity index (χ3n) is 5.10. The molecule has 0 radical (unpaired) electrons. The van der Waals surface area contributed by atoms with Gasteiger partial charge in [0, 0.05) is 56.6 Å². The van der Waals surface area contributed by atoms with Crippen molar-refractivity contribution in [3.63, 3.8) is 0 Å². The third kappa shape index (κ3) is 4.06. The van der Waals surface area contributed by atoms with E-state index < -0.39 is 0 Å². The van der Waals surface area contributed by atoms with Gasteiger partial charge in [0.2, 0.25) is 5.95 Å². The molecule has 0 saturated carbocycles. The van der Waals surface area contributed by atoms with E-state index >= 15 is 0 Å². The number of aromatic nitrogens is 2. The van der Waals surface area contributed by atoms with E-state index in [0.717, 1.165) is 30.5 Å². The molecule has 1 aromatic carbocycles. The van der Waals surface area contributed by atoms with Crippen molar-refractivity contribution >= 4 is 17.7 Å². The van der Waals surface area contributed by atoms with Crippen LogP contribution in [-0.2, 0) is 4.74 Å². The van der Waals surface area contributed by atoms with Crippen molar-refractivity contribution in [3.8, 4) is 0 Å². The molecule has 2 aliphatic rings. The highest BCUT2D eigenvalue weighted by Gasteiger charge is 2.24. The molecular formula is C20H24FN5O2. The number of aryl methyl sites for hydroxylation is 1. The second-order valence-corrected chi connectivity index (χ2v) is 7.05. The fourth-order valence-electron chi connectivity index (χ4n) is 3.52. The normalized spacial score (nSPS) is 17.7. The lowest BCUT2D eigenvalue weighted by molar-refractivity contribution is 0.0746. The number of anilines is 2. The van der Waals surface area contributed by atoms with Crippen LogP contribution in [0, 0.1) is 12.7 Å². The lowest BCUT2D eigenvalue weighted by Crippen LogP contribution is -2.49. The van der Waals surface area contributed by atoms with Gasteiger partial charge in [-0.1, -0.05) is 0 Å². The van der Waals surface area contributed by atoms with Crippen molar-refractivity contribution in [1.29, 1.82) is 0 Å². The number of benzene rings is 1. The van der Waals surface area contributed by atoms with Crippen LogP contribution < -0.4 is 9.80 Å². The molecule has 0 spiro atoms. The molecule has 4 rings (SSSR count). The molecule has 2 saturated heterocycles. The molecule has 0 aliphatic carbocycles. The van der Waals surface area contributed by atoms with E-state index in [-0.39, 0.29) is 11.7 Å². The Morgan fingerprint density at radius 3 is 2.32 bits per heavy atom. The van der Waals surface area contributed by atoms with Gasteiger partial charge in [0.1, 0.15) is 11.6 Å². The summed E-state index contributed by atoms with van der Waals surface area (Å²) in [5.74, 6) is 1.23. The molecule has 0 N–H and O–H groups in total. The van der Waals surface area contributed by atoms with Gasteiger partial charge in [-0.05, 0) is 31.2 Å². The quantitative estimate of drug-likeness (QED) is 0.802. The number of ether oxygens (including phenoxy) is 1. The number of halogens is 1. The second kappa shape index (κ2) is 8.10. The number of nitrogens with zero attached hydrogens (tertiary/aromatic N) is 5. The van der Waals surface area contributed by atoms with Crippen molar-refractivity contribution in [2.24, 2.45) is 0 Å². The zero-order valence-electron chi connectivity index (χ0n) is 16.0. The Hall–Kier alpha value is -2.74. The van der Waals surface area contributed by atoms with Gasteiger partial charge in [-0.2, -0.15) is 4.98 Å². The number of piperazine rings is 1. The summed E-state index contributed by atoms with van der Waals surface area (Å²) >= 11 is 0. The fraction of sp³-hybridized carbons (Fsp3) is 0.450. The summed E-state index contributed by atoms with van der Waals surface area (Å²) in [6.07, 6.45) is 0. The van der Waals surface area contributed by atoms with Crippen LogP contribution in [0.4, 0.5) is 16.2 Å². The van der Waals surface area contributed by atoms with Crippen molar-refractivity contribution in [1.82, 2.24) is 14.9 Å². The minimum absolute atomic E-state index is 0.0625. The summed E-state index contributed by atoms with van der Waals surface area (Å²) in [6, 6.07) is 7.70. The Morgan fingerprint density at radius 1 is 0.964 bits per heavy atom. The van der Waals surface area contributed by atoms with Crippen LogP contribution >= 0.6 is 0 Å². The summed E-state index contributed by atoms with van der Waals surface area (Å²) in [5.41, 5.74) is 1.44. The number of amides is 1. The first-order valence-electron chi connectivity index (χ1n) is 9.58. The molecule has 2 fully saturated rings. The van der Waals surface area contributed by atoms with E-state index in [1.807, 2.05) is 13.0 Å². The van der Waals surface area contributed by atoms with Crippen LogP contribution in [0.1, 0.15) is 16.1 Å². The van der Waals surface area contributed by atoms with Gasteiger partial charge in [0.05, 0.1) is 13.2 Å². The Labute approximate surface area is 163 Å². The smallest absolute Gasteiger partial charge is 0.253 e. The maximum atomic E-state index is 13.1.